The number of nitrogens with two attached hydrogens (primary N) is 1. The van der Waals surface area contributed by atoms with E-state index in [1.54, 1.807) is 36.4 Å². The lowest BCUT2D eigenvalue weighted by atomic mass is 10.3. The summed E-state index contributed by atoms with van der Waals surface area (Å²) in [6, 6.07) is 9.92. The minimum Gasteiger partial charge on any atom is -0.492 e. The summed E-state index contributed by atoms with van der Waals surface area (Å²) in [6.07, 6.45) is 0. The number of hydrogen-bond donors (Lipinski definition) is 2. The Morgan fingerprint density at radius 2 is 1.90 bits per heavy atom. The summed E-state index contributed by atoms with van der Waals surface area (Å²) in [4.78, 5) is 0. The van der Waals surface area contributed by atoms with Gasteiger partial charge in [-0.15, -0.1) is 11.3 Å². The second kappa shape index (κ2) is 6.57. The first-order chi connectivity index (χ1) is 9.51. The smallest absolute Gasteiger partial charge is 0.271 e. The molecule has 1 heterocycles. The van der Waals surface area contributed by atoms with Crippen molar-refractivity contribution >= 4 is 43.0 Å². The van der Waals surface area contributed by atoms with Crippen molar-refractivity contribution in [3.05, 3.63) is 40.2 Å². The fraction of sp³-hybridized carbons (Fsp3) is 0.167. The summed E-state index contributed by atoms with van der Waals surface area (Å²) in [5.74, 6) is 0.650. The van der Waals surface area contributed by atoms with Crippen LogP contribution in [0.2, 0.25) is 0 Å². The minimum atomic E-state index is -3.54. The van der Waals surface area contributed by atoms with Crippen molar-refractivity contribution in [2.24, 2.45) is 5.73 Å². The minimum absolute atomic E-state index is 0.257. The standard InChI is InChI=1S/C12H13BrN2O3S2/c13-11-5-6-12(19-11)20(16,17)15-9-1-3-10(4-2-9)18-8-7-14/h1-6,15H,7-8,14H2. The second-order valence-electron chi connectivity index (χ2n) is 3.83. The lowest BCUT2D eigenvalue weighted by molar-refractivity contribution is 0.328. The quantitative estimate of drug-likeness (QED) is 0.811. The molecule has 0 amide bonds. The van der Waals surface area contributed by atoms with E-state index >= 15 is 0 Å². The first-order valence-electron chi connectivity index (χ1n) is 5.72. The van der Waals surface area contributed by atoms with Gasteiger partial charge in [0.2, 0.25) is 0 Å². The number of hydrogen-bond acceptors (Lipinski definition) is 5. The molecule has 1 aromatic heterocycles. The van der Waals surface area contributed by atoms with Gasteiger partial charge in [-0.25, -0.2) is 8.42 Å². The zero-order valence-corrected chi connectivity index (χ0v) is 13.6. The van der Waals surface area contributed by atoms with Gasteiger partial charge in [0.1, 0.15) is 16.6 Å². The van der Waals surface area contributed by atoms with Gasteiger partial charge in [-0.2, -0.15) is 0 Å². The molecule has 20 heavy (non-hydrogen) atoms. The fourth-order valence-corrected chi connectivity index (χ4v) is 4.51. The van der Waals surface area contributed by atoms with Gasteiger partial charge in [0.05, 0.1) is 3.79 Å². The Labute approximate surface area is 129 Å². The van der Waals surface area contributed by atoms with Gasteiger partial charge in [-0.1, -0.05) is 0 Å². The van der Waals surface area contributed by atoms with Crippen molar-refractivity contribution in [1.82, 2.24) is 0 Å². The summed E-state index contributed by atoms with van der Waals surface area (Å²) in [5.41, 5.74) is 5.82. The highest BCUT2D eigenvalue weighted by atomic mass is 79.9. The maximum atomic E-state index is 12.1. The Morgan fingerprint density at radius 3 is 2.45 bits per heavy atom. The van der Waals surface area contributed by atoms with E-state index in [1.165, 1.54) is 0 Å². The average molecular weight is 377 g/mol. The molecule has 0 aliphatic carbocycles. The Kier molecular flexibility index (Phi) is 5.03. The van der Waals surface area contributed by atoms with Crippen LogP contribution in [0.3, 0.4) is 0 Å². The summed E-state index contributed by atoms with van der Waals surface area (Å²) in [6.45, 7) is 0.857. The first-order valence-corrected chi connectivity index (χ1v) is 8.81. The summed E-state index contributed by atoms with van der Waals surface area (Å²) < 4.78 is 33.1. The highest BCUT2D eigenvalue weighted by Crippen LogP contribution is 2.28. The molecule has 0 atom stereocenters. The van der Waals surface area contributed by atoms with Crippen LogP contribution >= 0.6 is 27.3 Å². The van der Waals surface area contributed by atoms with Crippen molar-refractivity contribution in [2.45, 2.75) is 4.21 Å². The lowest BCUT2D eigenvalue weighted by Gasteiger charge is -2.08. The molecule has 0 unspecified atom stereocenters. The molecule has 0 aliphatic rings. The van der Waals surface area contributed by atoms with Crippen molar-refractivity contribution < 1.29 is 13.2 Å². The third kappa shape index (κ3) is 3.95. The van der Waals surface area contributed by atoms with Gasteiger partial charge in [-0.05, 0) is 52.3 Å². The maximum absolute atomic E-state index is 12.1. The van der Waals surface area contributed by atoms with Crippen LogP contribution in [-0.4, -0.2) is 21.6 Å². The number of anilines is 1. The molecule has 0 fully saturated rings. The van der Waals surface area contributed by atoms with Gasteiger partial charge in [0.15, 0.2) is 0 Å². The van der Waals surface area contributed by atoms with E-state index in [2.05, 4.69) is 20.7 Å². The molecule has 0 spiro atoms. The third-order valence-electron chi connectivity index (χ3n) is 2.31. The Balaban J connectivity index is 2.09. The number of halogens is 1. The molecule has 0 aliphatic heterocycles. The van der Waals surface area contributed by atoms with Crippen molar-refractivity contribution in [3.63, 3.8) is 0 Å². The number of rotatable bonds is 6. The van der Waals surface area contributed by atoms with E-state index in [9.17, 15) is 8.42 Å². The molecule has 0 saturated heterocycles. The zero-order valence-electron chi connectivity index (χ0n) is 10.4. The molecular formula is C12H13BrN2O3S2. The molecule has 0 bridgehead atoms. The molecule has 2 rings (SSSR count). The van der Waals surface area contributed by atoms with E-state index in [-0.39, 0.29) is 4.21 Å². The van der Waals surface area contributed by atoms with Gasteiger partial charge in [0, 0.05) is 12.2 Å². The van der Waals surface area contributed by atoms with Gasteiger partial charge >= 0.3 is 0 Å². The predicted octanol–water partition coefficient (Wildman–Crippen LogP) is 2.65. The fourth-order valence-electron chi connectivity index (χ4n) is 1.44. The molecule has 2 aromatic rings. The number of sulfonamides is 1. The average Bonchev–Trinajstić information content (AvgIpc) is 2.85. The molecular weight excluding hydrogens is 364 g/mol. The predicted molar refractivity (Wildman–Crippen MR) is 83.8 cm³/mol. The van der Waals surface area contributed by atoms with Crippen LogP contribution in [0.25, 0.3) is 0 Å². The van der Waals surface area contributed by atoms with E-state index in [4.69, 9.17) is 10.5 Å². The monoisotopic (exact) mass is 376 g/mol. The van der Waals surface area contributed by atoms with Crippen LogP contribution in [-0.2, 0) is 10.0 Å². The highest BCUT2D eigenvalue weighted by molar-refractivity contribution is 9.11. The topological polar surface area (TPSA) is 81.4 Å². The SMILES string of the molecule is NCCOc1ccc(NS(=O)(=O)c2ccc(Br)s2)cc1. The Bertz CT molecular complexity index is 668. The maximum Gasteiger partial charge on any atom is 0.271 e. The summed E-state index contributed by atoms with van der Waals surface area (Å²) in [7, 11) is -3.54. The normalized spacial score (nSPS) is 11.3. The van der Waals surface area contributed by atoms with E-state index < -0.39 is 10.0 Å². The first kappa shape index (κ1) is 15.3. The lowest BCUT2D eigenvalue weighted by Crippen LogP contribution is -2.12. The molecule has 0 radical (unpaired) electrons. The number of ether oxygens (including phenoxy) is 1. The summed E-state index contributed by atoms with van der Waals surface area (Å²) in [5, 5.41) is 0. The third-order valence-corrected chi connectivity index (χ3v) is 5.80. The Hall–Kier alpha value is -1.09. The zero-order chi connectivity index (χ0) is 14.6. The van der Waals surface area contributed by atoms with Crippen LogP contribution < -0.4 is 15.2 Å². The summed E-state index contributed by atoms with van der Waals surface area (Å²) >= 11 is 4.40. The van der Waals surface area contributed by atoms with Crippen LogP contribution in [0, 0.1) is 0 Å². The highest BCUT2D eigenvalue weighted by Gasteiger charge is 2.16. The van der Waals surface area contributed by atoms with Crippen LogP contribution in [0.4, 0.5) is 5.69 Å². The van der Waals surface area contributed by atoms with Crippen molar-refractivity contribution in [3.8, 4) is 5.75 Å². The van der Waals surface area contributed by atoms with Crippen LogP contribution in [0.15, 0.2) is 44.4 Å². The Morgan fingerprint density at radius 1 is 1.20 bits per heavy atom. The van der Waals surface area contributed by atoms with Gasteiger partial charge in [0.25, 0.3) is 10.0 Å². The van der Waals surface area contributed by atoms with E-state index in [0.29, 0.717) is 24.6 Å². The molecule has 5 nitrogen and oxygen atoms in total. The largest absolute Gasteiger partial charge is 0.492 e. The molecule has 108 valence electrons. The molecule has 0 saturated carbocycles. The number of benzene rings is 1. The molecule has 3 N–H and O–H groups in total. The van der Waals surface area contributed by atoms with Gasteiger partial charge in [-0.3, -0.25) is 4.72 Å². The number of nitrogens with one attached hydrogen (secondary N) is 1. The van der Waals surface area contributed by atoms with E-state index in [0.717, 1.165) is 15.1 Å². The molecule has 1 aromatic carbocycles. The second-order valence-corrected chi connectivity index (χ2v) is 8.20. The van der Waals surface area contributed by atoms with Crippen molar-refractivity contribution in [1.29, 1.82) is 0 Å². The number of thiophene rings is 1. The van der Waals surface area contributed by atoms with Crippen molar-refractivity contribution in [2.75, 3.05) is 17.9 Å². The van der Waals surface area contributed by atoms with Gasteiger partial charge < -0.3 is 10.5 Å². The van der Waals surface area contributed by atoms with Crippen LogP contribution in [0.1, 0.15) is 0 Å². The van der Waals surface area contributed by atoms with Crippen LogP contribution in [0.5, 0.6) is 5.75 Å². The van der Waals surface area contributed by atoms with E-state index in [1.807, 2.05) is 0 Å². The molecule has 8 heteroatoms.